The van der Waals surface area contributed by atoms with Crippen LogP contribution in [0.25, 0.3) is 0 Å². The standard InChI is InChI=1S/C13H25NO6/c1-16-8-9-19-11-10-17-5-2-13(15)20-12-14-3-6-18-7-4-14/h2-12H2,1H3/p+1. The highest BCUT2D eigenvalue weighted by Crippen LogP contribution is 1.88. The van der Waals surface area contributed by atoms with E-state index in [-0.39, 0.29) is 12.4 Å². The third kappa shape index (κ3) is 9.22. The van der Waals surface area contributed by atoms with Gasteiger partial charge in [0.15, 0.2) is 0 Å². The van der Waals surface area contributed by atoms with Crippen LogP contribution in [0.5, 0.6) is 0 Å². The van der Waals surface area contributed by atoms with Crippen molar-refractivity contribution in [2.24, 2.45) is 0 Å². The first kappa shape index (κ1) is 17.3. The number of ether oxygens (including phenoxy) is 5. The molecule has 118 valence electrons. The zero-order chi connectivity index (χ0) is 14.5. The van der Waals surface area contributed by atoms with Crippen LogP contribution in [0.2, 0.25) is 0 Å². The number of morpholine rings is 1. The predicted octanol–water partition coefficient (Wildman–Crippen LogP) is -1.53. The minimum atomic E-state index is -0.218. The van der Waals surface area contributed by atoms with Crippen LogP contribution in [0.15, 0.2) is 0 Å². The lowest BCUT2D eigenvalue weighted by Gasteiger charge is -2.22. The molecule has 0 aromatic rings. The number of methoxy groups -OCH3 is 1. The van der Waals surface area contributed by atoms with Crippen molar-refractivity contribution >= 4 is 5.97 Å². The van der Waals surface area contributed by atoms with Gasteiger partial charge in [0.1, 0.15) is 13.1 Å². The molecule has 0 aromatic heterocycles. The molecule has 7 nitrogen and oxygen atoms in total. The summed E-state index contributed by atoms with van der Waals surface area (Å²) >= 11 is 0. The molecule has 1 heterocycles. The zero-order valence-corrected chi connectivity index (χ0v) is 12.2. The van der Waals surface area contributed by atoms with Crippen molar-refractivity contribution in [3.63, 3.8) is 0 Å². The molecule has 1 N–H and O–H groups in total. The number of hydrogen-bond acceptors (Lipinski definition) is 6. The van der Waals surface area contributed by atoms with Gasteiger partial charge in [-0.25, -0.2) is 0 Å². The fourth-order valence-corrected chi connectivity index (χ4v) is 1.68. The van der Waals surface area contributed by atoms with Crippen LogP contribution in [-0.4, -0.2) is 79.1 Å². The Labute approximate surface area is 120 Å². The molecule has 0 aromatic carbocycles. The van der Waals surface area contributed by atoms with E-state index in [1.165, 1.54) is 4.90 Å². The number of carbonyl (C=O) groups is 1. The fraction of sp³-hybridized carbons (Fsp3) is 0.923. The normalized spacial score (nSPS) is 16.2. The van der Waals surface area contributed by atoms with E-state index >= 15 is 0 Å². The Bertz CT molecular complexity index is 245. The third-order valence-electron chi connectivity index (χ3n) is 2.89. The maximum atomic E-state index is 11.5. The SMILES string of the molecule is COCCOCCOCCC(=O)OC[NH+]1CCOCC1. The third-order valence-corrected chi connectivity index (χ3v) is 2.89. The fourth-order valence-electron chi connectivity index (χ4n) is 1.68. The summed E-state index contributed by atoms with van der Waals surface area (Å²) in [6, 6.07) is 0. The monoisotopic (exact) mass is 292 g/mol. The van der Waals surface area contributed by atoms with Crippen LogP contribution in [0.4, 0.5) is 0 Å². The Hall–Kier alpha value is -0.730. The molecule has 1 fully saturated rings. The molecule has 0 amide bonds. The lowest BCUT2D eigenvalue weighted by molar-refractivity contribution is -0.924. The quantitative estimate of drug-likeness (QED) is 0.368. The van der Waals surface area contributed by atoms with Crippen molar-refractivity contribution in [1.29, 1.82) is 0 Å². The van der Waals surface area contributed by atoms with Gasteiger partial charge in [-0.3, -0.25) is 9.69 Å². The smallest absolute Gasteiger partial charge is 0.312 e. The topological polar surface area (TPSA) is 67.7 Å². The summed E-state index contributed by atoms with van der Waals surface area (Å²) in [6.07, 6.45) is 0.280. The van der Waals surface area contributed by atoms with Crippen molar-refractivity contribution < 1.29 is 33.4 Å². The molecule has 0 unspecified atom stereocenters. The van der Waals surface area contributed by atoms with Crippen LogP contribution in [-0.2, 0) is 28.5 Å². The highest BCUT2D eigenvalue weighted by Gasteiger charge is 2.15. The summed E-state index contributed by atoms with van der Waals surface area (Å²) in [7, 11) is 1.63. The zero-order valence-electron chi connectivity index (χ0n) is 12.2. The maximum absolute atomic E-state index is 11.5. The van der Waals surface area contributed by atoms with Crippen LogP contribution in [0, 0.1) is 0 Å². The highest BCUT2D eigenvalue weighted by molar-refractivity contribution is 5.69. The first-order chi connectivity index (χ1) is 9.83. The second-order valence-corrected chi connectivity index (χ2v) is 4.49. The molecule has 0 aliphatic carbocycles. The van der Waals surface area contributed by atoms with E-state index in [1.54, 1.807) is 7.11 Å². The number of hydrogen-bond donors (Lipinski definition) is 1. The van der Waals surface area contributed by atoms with Crippen molar-refractivity contribution in [3.8, 4) is 0 Å². The van der Waals surface area contributed by atoms with Crippen molar-refractivity contribution in [2.75, 3.05) is 73.2 Å². The molecule has 7 heteroatoms. The van der Waals surface area contributed by atoms with Gasteiger partial charge < -0.3 is 23.7 Å². The van der Waals surface area contributed by atoms with E-state index in [2.05, 4.69) is 0 Å². The molecule has 1 saturated heterocycles. The van der Waals surface area contributed by atoms with Gasteiger partial charge in [-0.15, -0.1) is 0 Å². The van der Waals surface area contributed by atoms with Crippen LogP contribution >= 0.6 is 0 Å². The minimum Gasteiger partial charge on any atom is -0.415 e. The van der Waals surface area contributed by atoms with Gasteiger partial charge in [-0.1, -0.05) is 0 Å². The Balaban J connectivity index is 1.84. The summed E-state index contributed by atoms with van der Waals surface area (Å²) in [5.74, 6) is -0.218. The Morgan fingerprint density at radius 2 is 1.70 bits per heavy atom. The van der Waals surface area contributed by atoms with Gasteiger partial charge >= 0.3 is 5.97 Å². The van der Waals surface area contributed by atoms with Gasteiger partial charge in [-0.05, 0) is 0 Å². The molecular formula is C13H26NO6+. The molecule has 1 rings (SSSR count). The van der Waals surface area contributed by atoms with E-state index in [1.807, 2.05) is 0 Å². The molecule has 1 aliphatic rings. The van der Waals surface area contributed by atoms with Gasteiger partial charge in [0.2, 0.25) is 6.73 Å². The number of quaternary nitrogens is 1. The number of carbonyl (C=O) groups excluding carboxylic acids is 1. The predicted molar refractivity (Wildman–Crippen MR) is 70.6 cm³/mol. The van der Waals surface area contributed by atoms with Crippen molar-refractivity contribution in [2.45, 2.75) is 6.42 Å². The van der Waals surface area contributed by atoms with E-state index in [9.17, 15) is 4.79 Å². The van der Waals surface area contributed by atoms with E-state index in [0.29, 0.717) is 39.8 Å². The number of nitrogens with one attached hydrogen (secondary N) is 1. The second-order valence-electron chi connectivity index (χ2n) is 4.49. The van der Waals surface area contributed by atoms with Crippen LogP contribution in [0.3, 0.4) is 0 Å². The summed E-state index contributed by atoms with van der Waals surface area (Å²) in [5.41, 5.74) is 0. The van der Waals surface area contributed by atoms with Gasteiger partial charge in [-0.2, -0.15) is 0 Å². The molecule has 20 heavy (non-hydrogen) atoms. The van der Waals surface area contributed by atoms with Gasteiger partial charge in [0.25, 0.3) is 0 Å². The van der Waals surface area contributed by atoms with Crippen LogP contribution in [0.1, 0.15) is 6.42 Å². The molecule has 0 bridgehead atoms. The minimum absolute atomic E-state index is 0.218. The highest BCUT2D eigenvalue weighted by atomic mass is 16.6. The molecule has 0 radical (unpaired) electrons. The molecule has 0 saturated carbocycles. The first-order valence-corrected chi connectivity index (χ1v) is 7.04. The molecule has 0 atom stereocenters. The van der Waals surface area contributed by atoms with Crippen molar-refractivity contribution in [3.05, 3.63) is 0 Å². The summed E-state index contributed by atoms with van der Waals surface area (Å²) in [6.45, 7) is 6.17. The van der Waals surface area contributed by atoms with Gasteiger partial charge in [0, 0.05) is 7.11 Å². The summed E-state index contributed by atoms with van der Waals surface area (Å²) in [4.78, 5) is 12.7. The largest absolute Gasteiger partial charge is 0.415 e. The molecule has 0 spiro atoms. The second kappa shape index (κ2) is 12.0. The summed E-state index contributed by atoms with van der Waals surface area (Å²) < 4.78 is 25.8. The van der Waals surface area contributed by atoms with Gasteiger partial charge in [0.05, 0.1) is 52.7 Å². The molecule has 1 aliphatic heterocycles. The molecular weight excluding hydrogens is 266 g/mol. The Kier molecular flexibility index (Phi) is 10.4. The Morgan fingerprint density at radius 1 is 1.05 bits per heavy atom. The maximum Gasteiger partial charge on any atom is 0.312 e. The summed E-state index contributed by atoms with van der Waals surface area (Å²) in [5, 5.41) is 0. The number of esters is 1. The van der Waals surface area contributed by atoms with E-state index in [0.717, 1.165) is 26.3 Å². The van der Waals surface area contributed by atoms with E-state index in [4.69, 9.17) is 23.7 Å². The lowest BCUT2D eigenvalue weighted by atomic mass is 10.4. The average molecular weight is 292 g/mol. The average Bonchev–Trinajstić information content (AvgIpc) is 2.49. The van der Waals surface area contributed by atoms with Crippen LogP contribution < -0.4 is 4.90 Å². The first-order valence-electron chi connectivity index (χ1n) is 7.04. The lowest BCUT2D eigenvalue weighted by Crippen LogP contribution is -3.14. The van der Waals surface area contributed by atoms with Crippen molar-refractivity contribution in [1.82, 2.24) is 0 Å². The number of rotatable bonds is 11. The Morgan fingerprint density at radius 3 is 2.40 bits per heavy atom. The van der Waals surface area contributed by atoms with E-state index < -0.39 is 0 Å².